The summed E-state index contributed by atoms with van der Waals surface area (Å²) in [6.45, 7) is 3.49. The largest absolute Gasteiger partial charge is 0.493 e. The van der Waals surface area contributed by atoms with Gasteiger partial charge in [0.15, 0.2) is 28.4 Å². The van der Waals surface area contributed by atoms with E-state index in [0.717, 1.165) is 31.7 Å². The fourth-order valence-electron chi connectivity index (χ4n) is 3.44. The summed E-state index contributed by atoms with van der Waals surface area (Å²) in [4.78, 5) is 21.6. The number of piperazine rings is 1. The lowest BCUT2D eigenvalue weighted by atomic mass is 10.1. The Hall–Kier alpha value is -3.06. The van der Waals surface area contributed by atoms with E-state index in [1.54, 1.807) is 32.5 Å². The third kappa shape index (κ3) is 3.29. The van der Waals surface area contributed by atoms with Gasteiger partial charge in [-0.1, -0.05) is 0 Å². The Kier molecular flexibility index (Phi) is 4.92. The van der Waals surface area contributed by atoms with Crippen molar-refractivity contribution < 1.29 is 13.9 Å². The zero-order valence-electron chi connectivity index (χ0n) is 16.3. The molecule has 7 heteroatoms. The van der Waals surface area contributed by atoms with E-state index in [-0.39, 0.29) is 5.43 Å². The first-order valence-corrected chi connectivity index (χ1v) is 9.19. The number of hydrogen-bond acceptors (Lipinski definition) is 7. The number of nitrogens with zero attached hydrogens (tertiary/aromatic N) is 3. The highest BCUT2D eigenvalue weighted by Crippen LogP contribution is 2.34. The van der Waals surface area contributed by atoms with E-state index in [2.05, 4.69) is 21.8 Å². The zero-order chi connectivity index (χ0) is 19.7. The van der Waals surface area contributed by atoms with Crippen molar-refractivity contribution in [1.82, 2.24) is 9.88 Å². The quantitative estimate of drug-likeness (QED) is 0.688. The number of ether oxygens (including phenoxy) is 2. The average Bonchev–Trinajstić information content (AvgIpc) is 2.73. The van der Waals surface area contributed by atoms with E-state index in [9.17, 15) is 4.79 Å². The van der Waals surface area contributed by atoms with Crippen molar-refractivity contribution >= 4 is 16.9 Å². The molecule has 0 saturated carbocycles. The molecule has 4 rings (SSSR count). The van der Waals surface area contributed by atoms with Crippen LogP contribution in [0.25, 0.3) is 22.2 Å². The highest BCUT2D eigenvalue weighted by Gasteiger charge is 2.19. The minimum absolute atomic E-state index is 0.0701. The van der Waals surface area contributed by atoms with Crippen LogP contribution in [0.5, 0.6) is 11.5 Å². The van der Waals surface area contributed by atoms with E-state index in [4.69, 9.17) is 13.9 Å². The Morgan fingerprint density at radius 1 is 1.00 bits per heavy atom. The first-order valence-electron chi connectivity index (χ1n) is 9.19. The standard InChI is InChI=1S/C21H23N3O4/c1-23-8-10-24(11-9-23)19-13-16(25)15-6-7-22-20(21(15)28-19)14-4-5-17(26-2)18(12-14)27-3/h4-7,12-13H,8-11H2,1-3H3. The van der Waals surface area contributed by atoms with Crippen molar-refractivity contribution in [1.29, 1.82) is 0 Å². The SMILES string of the molecule is COc1ccc(-c2nccc3c(=O)cc(N4CCN(C)CC4)oc23)cc1OC. The van der Waals surface area contributed by atoms with Gasteiger partial charge in [-0.05, 0) is 31.3 Å². The lowest BCUT2D eigenvalue weighted by molar-refractivity contribution is 0.306. The Labute approximate surface area is 163 Å². The molecule has 28 heavy (non-hydrogen) atoms. The molecule has 0 N–H and O–H groups in total. The molecular formula is C21H23N3O4. The first-order chi connectivity index (χ1) is 13.6. The topological polar surface area (TPSA) is 68.0 Å². The number of anilines is 1. The van der Waals surface area contributed by atoms with Crippen LogP contribution in [0.3, 0.4) is 0 Å². The fraction of sp³-hybridized carbons (Fsp3) is 0.333. The van der Waals surface area contributed by atoms with Crippen molar-refractivity contribution in [3.05, 3.63) is 46.8 Å². The van der Waals surface area contributed by atoms with Crippen LogP contribution in [0.2, 0.25) is 0 Å². The van der Waals surface area contributed by atoms with Gasteiger partial charge in [0.25, 0.3) is 0 Å². The van der Waals surface area contributed by atoms with E-state index >= 15 is 0 Å². The van der Waals surface area contributed by atoms with Crippen molar-refractivity contribution in [3.8, 4) is 22.8 Å². The van der Waals surface area contributed by atoms with Crippen molar-refractivity contribution in [3.63, 3.8) is 0 Å². The second-order valence-corrected chi connectivity index (χ2v) is 6.85. The molecule has 1 aliphatic rings. The van der Waals surface area contributed by atoms with Crippen molar-refractivity contribution in [2.24, 2.45) is 0 Å². The average molecular weight is 381 g/mol. The minimum atomic E-state index is -0.0701. The second-order valence-electron chi connectivity index (χ2n) is 6.85. The van der Waals surface area contributed by atoms with Crippen LogP contribution < -0.4 is 19.8 Å². The van der Waals surface area contributed by atoms with Crippen LogP contribution >= 0.6 is 0 Å². The molecule has 0 unspecified atom stereocenters. The van der Waals surface area contributed by atoms with Gasteiger partial charge in [-0.15, -0.1) is 0 Å². The van der Waals surface area contributed by atoms with Crippen LogP contribution in [-0.4, -0.2) is 57.3 Å². The molecule has 0 radical (unpaired) electrons. The van der Waals surface area contributed by atoms with E-state index < -0.39 is 0 Å². The molecule has 1 saturated heterocycles. The predicted octanol–water partition coefficient (Wildman–Crippen LogP) is 2.62. The molecule has 2 aromatic heterocycles. The van der Waals surface area contributed by atoms with Gasteiger partial charge in [0.2, 0.25) is 0 Å². The first kappa shape index (κ1) is 18.3. The maximum atomic E-state index is 12.7. The molecule has 146 valence electrons. The third-order valence-corrected chi connectivity index (χ3v) is 5.10. The predicted molar refractivity (Wildman–Crippen MR) is 109 cm³/mol. The van der Waals surface area contributed by atoms with Crippen LogP contribution in [0, 0.1) is 0 Å². The highest BCUT2D eigenvalue weighted by molar-refractivity contribution is 5.90. The molecule has 1 fully saturated rings. The fourth-order valence-corrected chi connectivity index (χ4v) is 3.44. The molecule has 3 aromatic rings. The summed E-state index contributed by atoms with van der Waals surface area (Å²) in [5.41, 5.74) is 1.81. The number of benzene rings is 1. The van der Waals surface area contributed by atoms with Gasteiger partial charge >= 0.3 is 0 Å². The van der Waals surface area contributed by atoms with E-state index in [1.165, 1.54) is 0 Å². The molecule has 7 nitrogen and oxygen atoms in total. The monoisotopic (exact) mass is 381 g/mol. The molecule has 1 aliphatic heterocycles. The molecule has 0 bridgehead atoms. The summed E-state index contributed by atoms with van der Waals surface area (Å²) in [6, 6.07) is 8.80. The second kappa shape index (κ2) is 7.52. The van der Waals surface area contributed by atoms with Crippen molar-refractivity contribution in [2.75, 3.05) is 52.3 Å². The number of hydrogen-bond donors (Lipinski definition) is 0. The van der Waals surface area contributed by atoms with Crippen LogP contribution in [-0.2, 0) is 0 Å². The summed E-state index contributed by atoms with van der Waals surface area (Å²) in [7, 11) is 5.27. The van der Waals surface area contributed by atoms with Crippen molar-refractivity contribution in [2.45, 2.75) is 0 Å². The summed E-state index contributed by atoms with van der Waals surface area (Å²) in [5.74, 6) is 1.81. The molecular weight excluding hydrogens is 358 g/mol. The summed E-state index contributed by atoms with van der Waals surface area (Å²) in [5, 5.41) is 0.512. The smallest absolute Gasteiger partial charge is 0.200 e. The summed E-state index contributed by atoms with van der Waals surface area (Å²) < 4.78 is 16.9. The lowest BCUT2D eigenvalue weighted by Gasteiger charge is -2.32. The summed E-state index contributed by atoms with van der Waals surface area (Å²) >= 11 is 0. The highest BCUT2D eigenvalue weighted by atomic mass is 16.5. The van der Waals surface area contributed by atoms with Gasteiger partial charge in [0.05, 0.1) is 19.6 Å². The Morgan fingerprint density at radius 2 is 1.75 bits per heavy atom. The van der Waals surface area contributed by atoms with E-state index in [1.807, 2.05) is 18.2 Å². The normalized spacial score (nSPS) is 15.0. The van der Waals surface area contributed by atoms with Gasteiger partial charge in [0.1, 0.15) is 5.69 Å². The number of likely N-dealkylation sites (N-methyl/N-ethyl adjacent to an activating group) is 1. The molecule has 3 heterocycles. The van der Waals surface area contributed by atoms with Gasteiger partial charge in [-0.25, -0.2) is 0 Å². The Bertz CT molecular complexity index is 1060. The third-order valence-electron chi connectivity index (χ3n) is 5.10. The Balaban J connectivity index is 1.84. The van der Waals surface area contributed by atoms with Crippen LogP contribution in [0.1, 0.15) is 0 Å². The lowest BCUT2D eigenvalue weighted by Crippen LogP contribution is -2.44. The summed E-state index contributed by atoms with van der Waals surface area (Å²) in [6.07, 6.45) is 1.63. The number of fused-ring (bicyclic) bond motifs is 1. The van der Waals surface area contributed by atoms with E-state index in [0.29, 0.717) is 34.0 Å². The maximum Gasteiger partial charge on any atom is 0.200 e. The number of methoxy groups -OCH3 is 2. The molecule has 0 aliphatic carbocycles. The number of aromatic nitrogens is 1. The molecule has 1 aromatic carbocycles. The van der Waals surface area contributed by atoms with Crippen LogP contribution in [0.4, 0.5) is 5.88 Å². The molecule has 0 amide bonds. The van der Waals surface area contributed by atoms with Gasteiger partial charge in [-0.2, -0.15) is 0 Å². The maximum absolute atomic E-state index is 12.7. The molecule has 0 atom stereocenters. The van der Waals surface area contributed by atoms with Gasteiger partial charge < -0.3 is 23.7 Å². The number of pyridine rings is 1. The molecule has 0 spiro atoms. The van der Waals surface area contributed by atoms with Gasteiger partial charge in [0, 0.05) is 44.0 Å². The minimum Gasteiger partial charge on any atom is -0.493 e. The van der Waals surface area contributed by atoms with Gasteiger partial charge in [-0.3, -0.25) is 9.78 Å². The van der Waals surface area contributed by atoms with Crippen LogP contribution in [0.15, 0.2) is 45.7 Å². The Morgan fingerprint density at radius 3 is 2.46 bits per heavy atom. The number of rotatable bonds is 4. The zero-order valence-corrected chi connectivity index (χ0v) is 16.3.